The van der Waals surface area contributed by atoms with E-state index in [-0.39, 0.29) is 5.69 Å². The van der Waals surface area contributed by atoms with Crippen LogP contribution in [0.2, 0.25) is 0 Å². The Morgan fingerprint density at radius 1 is 1.47 bits per heavy atom. The summed E-state index contributed by atoms with van der Waals surface area (Å²) in [4.78, 5) is 14.8. The molecule has 0 bridgehead atoms. The van der Waals surface area contributed by atoms with Crippen LogP contribution >= 0.6 is 15.9 Å². The molecule has 2 aromatic heterocycles. The van der Waals surface area contributed by atoms with Gasteiger partial charge < -0.3 is 5.11 Å². The predicted molar refractivity (Wildman–Crippen MR) is 65.8 cm³/mol. The maximum absolute atomic E-state index is 10.9. The summed E-state index contributed by atoms with van der Waals surface area (Å²) in [5.74, 6) is -1.02. The maximum Gasteiger partial charge on any atom is 0.354 e. The molecule has 5 nitrogen and oxygen atoms in total. The fourth-order valence-electron chi connectivity index (χ4n) is 1.66. The van der Waals surface area contributed by atoms with E-state index in [0.717, 1.165) is 15.7 Å². The molecule has 0 saturated heterocycles. The topological polar surface area (TPSA) is 68.0 Å². The van der Waals surface area contributed by atoms with Gasteiger partial charge in [-0.15, -0.1) is 0 Å². The van der Waals surface area contributed by atoms with Gasteiger partial charge in [0.15, 0.2) is 5.69 Å². The average Bonchev–Trinajstić information content (AvgIpc) is 2.58. The Hall–Kier alpha value is -1.69. The molecule has 2 heterocycles. The Bertz CT molecular complexity index is 573. The van der Waals surface area contributed by atoms with Crippen LogP contribution in [0, 0.1) is 6.92 Å². The number of carboxylic acid groups (broad SMARTS) is 1. The highest BCUT2D eigenvalue weighted by molar-refractivity contribution is 9.10. The Morgan fingerprint density at radius 2 is 2.18 bits per heavy atom. The Kier molecular flexibility index (Phi) is 2.97. The number of carbonyl (C=O) groups is 1. The zero-order valence-corrected chi connectivity index (χ0v) is 10.9. The zero-order valence-electron chi connectivity index (χ0n) is 9.31. The van der Waals surface area contributed by atoms with Crippen LogP contribution in [-0.2, 0) is 7.05 Å². The molecule has 88 valence electrons. The van der Waals surface area contributed by atoms with Gasteiger partial charge in [-0.1, -0.05) is 0 Å². The van der Waals surface area contributed by atoms with Crippen molar-refractivity contribution in [1.82, 2.24) is 14.8 Å². The summed E-state index contributed by atoms with van der Waals surface area (Å²) in [5, 5.41) is 13.0. The van der Waals surface area contributed by atoms with Crippen LogP contribution in [-0.4, -0.2) is 25.8 Å². The molecule has 0 aliphatic rings. The number of halogens is 1. The second kappa shape index (κ2) is 4.29. The molecule has 2 rings (SSSR count). The highest BCUT2D eigenvalue weighted by atomic mass is 79.9. The molecule has 6 heteroatoms. The molecular formula is C11H10BrN3O2. The minimum atomic E-state index is -1.02. The van der Waals surface area contributed by atoms with Crippen LogP contribution < -0.4 is 0 Å². The molecule has 2 aromatic rings. The molecule has 0 fully saturated rings. The first kappa shape index (κ1) is 11.8. The summed E-state index contributed by atoms with van der Waals surface area (Å²) in [5.41, 5.74) is 2.41. The summed E-state index contributed by atoms with van der Waals surface area (Å²) >= 11 is 3.40. The summed E-state index contributed by atoms with van der Waals surface area (Å²) in [7, 11) is 1.82. The van der Waals surface area contributed by atoms with Gasteiger partial charge in [0.05, 0.1) is 16.4 Å². The van der Waals surface area contributed by atoms with Gasteiger partial charge in [0, 0.05) is 18.8 Å². The van der Waals surface area contributed by atoms with Crippen molar-refractivity contribution in [1.29, 1.82) is 0 Å². The van der Waals surface area contributed by atoms with Crippen LogP contribution in [0.5, 0.6) is 0 Å². The van der Waals surface area contributed by atoms with Crippen molar-refractivity contribution < 1.29 is 9.90 Å². The Morgan fingerprint density at radius 3 is 2.65 bits per heavy atom. The largest absolute Gasteiger partial charge is 0.477 e. The number of hydrogen-bond acceptors (Lipinski definition) is 3. The van der Waals surface area contributed by atoms with E-state index in [9.17, 15) is 4.79 Å². The van der Waals surface area contributed by atoms with Crippen molar-refractivity contribution in [3.05, 3.63) is 34.2 Å². The number of pyridine rings is 1. The highest BCUT2D eigenvalue weighted by Crippen LogP contribution is 2.27. The third kappa shape index (κ3) is 2.08. The van der Waals surface area contributed by atoms with Gasteiger partial charge in [-0.05, 0) is 34.5 Å². The van der Waals surface area contributed by atoms with E-state index in [1.807, 2.05) is 7.05 Å². The van der Waals surface area contributed by atoms with Crippen LogP contribution in [0.1, 0.15) is 16.1 Å². The van der Waals surface area contributed by atoms with Crippen molar-refractivity contribution in [2.24, 2.45) is 7.05 Å². The first-order chi connectivity index (χ1) is 8.00. The number of hydrogen-bond donors (Lipinski definition) is 1. The predicted octanol–water partition coefficient (Wildman–Crippen LogP) is 2.25. The zero-order chi connectivity index (χ0) is 12.6. The molecule has 0 amide bonds. The van der Waals surface area contributed by atoms with Crippen molar-refractivity contribution in [2.45, 2.75) is 6.92 Å². The van der Waals surface area contributed by atoms with E-state index < -0.39 is 5.97 Å². The van der Waals surface area contributed by atoms with E-state index in [2.05, 4.69) is 26.0 Å². The summed E-state index contributed by atoms with van der Waals surface area (Å²) in [6.07, 6.45) is 3.23. The van der Waals surface area contributed by atoms with Crippen LogP contribution in [0.3, 0.4) is 0 Å². The molecule has 0 spiro atoms. The fourth-order valence-corrected chi connectivity index (χ4v) is 2.24. The normalized spacial score (nSPS) is 10.5. The van der Waals surface area contributed by atoms with Gasteiger partial charge in [-0.25, -0.2) is 9.78 Å². The van der Waals surface area contributed by atoms with Crippen LogP contribution in [0.25, 0.3) is 11.3 Å². The number of aromatic nitrogens is 3. The monoisotopic (exact) mass is 295 g/mol. The van der Waals surface area contributed by atoms with Gasteiger partial charge in [-0.2, -0.15) is 5.10 Å². The lowest BCUT2D eigenvalue weighted by molar-refractivity contribution is 0.0689. The number of aryl methyl sites for hydroxylation is 2. The van der Waals surface area contributed by atoms with Crippen molar-refractivity contribution >= 4 is 21.9 Å². The minimum absolute atomic E-state index is 0.0760. The highest BCUT2D eigenvalue weighted by Gasteiger charge is 2.13. The van der Waals surface area contributed by atoms with Crippen molar-refractivity contribution in [2.75, 3.05) is 0 Å². The quantitative estimate of drug-likeness (QED) is 0.923. The standard InChI is InChI=1S/C11H10BrN3O2/c1-6-3-7(4-13-9(6)11(16)17)10-8(12)5-14-15(10)2/h3-5H,1-2H3,(H,16,17). The van der Waals surface area contributed by atoms with Gasteiger partial charge in [0.1, 0.15) is 0 Å². The van der Waals surface area contributed by atoms with Gasteiger partial charge in [0.2, 0.25) is 0 Å². The second-order valence-corrected chi connectivity index (χ2v) is 4.51. The Balaban J connectivity index is 2.56. The molecule has 0 atom stereocenters. The molecular weight excluding hydrogens is 286 g/mol. The smallest absolute Gasteiger partial charge is 0.354 e. The lowest BCUT2D eigenvalue weighted by Gasteiger charge is -2.06. The first-order valence-corrected chi connectivity index (χ1v) is 5.68. The Labute approximate surface area is 106 Å². The second-order valence-electron chi connectivity index (χ2n) is 3.66. The lowest BCUT2D eigenvalue weighted by atomic mass is 10.1. The molecule has 0 unspecified atom stereocenters. The van der Waals surface area contributed by atoms with Crippen molar-refractivity contribution in [3.8, 4) is 11.3 Å². The molecule has 0 aliphatic heterocycles. The number of carboxylic acids is 1. The number of aromatic carboxylic acids is 1. The van der Waals surface area contributed by atoms with E-state index in [0.29, 0.717) is 5.56 Å². The third-order valence-electron chi connectivity index (χ3n) is 2.45. The average molecular weight is 296 g/mol. The van der Waals surface area contributed by atoms with E-state index >= 15 is 0 Å². The molecule has 0 aliphatic carbocycles. The van der Waals surface area contributed by atoms with E-state index in [1.165, 1.54) is 6.20 Å². The first-order valence-electron chi connectivity index (χ1n) is 4.88. The van der Waals surface area contributed by atoms with Crippen LogP contribution in [0.15, 0.2) is 22.9 Å². The third-order valence-corrected chi connectivity index (χ3v) is 3.03. The summed E-state index contributed by atoms with van der Waals surface area (Å²) in [6, 6.07) is 1.79. The summed E-state index contributed by atoms with van der Waals surface area (Å²) < 4.78 is 2.56. The fraction of sp³-hybridized carbons (Fsp3) is 0.182. The molecule has 0 aromatic carbocycles. The molecule has 17 heavy (non-hydrogen) atoms. The number of nitrogens with zero attached hydrogens (tertiary/aromatic N) is 3. The SMILES string of the molecule is Cc1cc(-c2c(Br)cnn2C)cnc1C(=O)O. The minimum Gasteiger partial charge on any atom is -0.477 e. The van der Waals surface area contributed by atoms with E-state index in [4.69, 9.17) is 5.11 Å². The number of rotatable bonds is 2. The van der Waals surface area contributed by atoms with Crippen LogP contribution in [0.4, 0.5) is 0 Å². The van der Waals surface area contributed by atoms with Gasteiger partial charge in [0.25, 0.3) is 0 Å². The maximum atomic E-state index is 10.9. The molecule has 0 saturated carbocycles. The molecule has 0 radical (unpaired) electrons. The summed E-state index contributed by atoms with van der Waals surface area (Å²) in [6.45, 7) is 1.73. The van der Waals surface area contributed by atoms with Gasteiger partial charge >= 0.3 is 5.97 Å². The molecule has 1 N–H and O–H groups in total. The van der Waals surface area contributed by atoms with E-state index in [1.54, 1.807) is 23.9 Å². The van der Waals surface area contributed by atoms with Crippen molar-refractivity contribution in [3.63, 3.8) is 0 Å². The lowest BCUT2D eigenvalue weighted by Crippen LogP contribution is -2.04. The van der Waals surface area contributed by atoms with Gasteiger partial charge in [-0.3, -0.25) is 4.68 Å².